The molecule has 1 aliphatic rings. The number of carbonyl (C=O) groups is 1. The van der Waals surface area contributed by atoms with Crippen LogP contribution in [0.15, 0.2) is 54.6 Å². The van der Waals surface area contributed by atoms with Crippen LogP contribution in [0, 0.1) is 0 Å². The maximum Gasteiger partial charge on any atom is 0.221 e. The number of methoxy groups -OCH3 is 1. The van der Waals surface area contributed by atoms with E-state index in [9.17, 15) is 4.79 Å². The minimum absolute atomic E-state index is 0.0951. The van der Waals surface area contributed by atoms with E-state index in [2.05, 4.69) is 40.5 Å². The van der Waals surface area contributed by atoms with Crippen LogP contribution in [0.5, 0.6) is 5.75 Å². The molecule has 0 unspecified atom stereocenters. The molecule has 1 heterocycles. The van der Waals surface area contributed by atoms with Crippen molar-refractivity contribution in [1.29, 1.82) is 0 Å². The second kappa shape index (κ2) is 9.39. The molecule has 1 saturated heterocycles. The van der Waals surface area contributed by atoms with Crippen molar-refractivity contribution < 1.29 is 9.53 Å². The van der Waals surface area contributed by atoms with Gasteiger partial charge in [-0.05, 0) is 36.9 Å². The summed E-state index contributed by atoms with van der Waals surface area (Å²) in [7, 11) is 1.65. The Morgan fingerprint density at radius 1 is 1.15 bits per heavy atom. The van der Waals surface area contributed by atoms with Gasteiger partial charge in [0.25, 0.3) is 0 Å². The number of para-hydroxylation sites is 1. The third-order valence-electron chi connectivity index (χ3n) is 5.10. The molecule has 0 aliphatic carbocycles. The summed E-state index contributed by atoms with van der Waals surface area (Å²) < 4.78 is 5.33. The Kier molecular flexibility index (Phi) is 6.67. The van der Waals surface area contributed by atoms with Crippen molar-refractivity contribution in [3.63, 3.8) is 0 Å². The molecule has 0 radical (unpaired) electrons. The van der Waals surface area contributed by atoms with Gasteiger partial charge in [0.2, 0.25) is 5.91 Å². The predicted octanol–water partition coefficient (Wildman–Crippen LogP) is 3.58. The molecule has 4 nitrogen and oxygen atoms in total. The van der Waals surface area contributed by atoms with Crippen molar-refractivity contribution >= 4 is 5.91 Å². The van der Waals surface area contributed by atoms with Gasteiger partial charge in [0.15, 0.2) is 0 Å². The fraction of sp³-hybridized carbons (Fsp3) is 0.409. The first-order valence-electron chi connectivity index (χ1n) is 9.42. The summed E-state index contributed by atoms with van der Waals surface area (Å²) in [6, 6.07) is 18.5. The van der Waals surface area contributed by atoms with Crippen LogP contribution in [0.1, 0.15) is 36.3 Å². The van der Waals surface area contributed by atoms with Crippen molar-refractivity contribution in [3.05, 3.63) is 65.7 Å². The van der Waals surface area contributed by atoms with Crippen LogP contribution in [0.25, 0.3) is 0 Å². The molecule has 1 N–H and O–H groups in total. The third kappa shape index (κ3) is 5.09. The number of benzene rings is 2. The van der Waals surface area contributed by atoms with E-state index in [0.29, 0.717) is 18.9 Å². The highest BCUT2D eigenvalue weighted by Gasteiger charge is 2.21. The number of hydrogen-bond acceptors (Lipinski definition) is 3. The summed E-state index contributed by atoms with van der Waals surface area (Å²) in [6.45, 7) is 3.46. The fourth-order valence-corrected chi connectivity index (χ4v) is 3.65. The highest BCUT2D eigenvalue weighted by atomic mass is 16.5. The van der Waals surface area contributed by atoms with E-state index in [4.69, 9.17) is 4.74 Å². The molecule has 1 atom stereocenters. The zero-order chi connectivity index (χ0) is 18.2. The van der Waals surface area contributed by atoms with Crippen LogP contribution >= 0.6 is 0 Å². The topological polar surface area (TPSA) is 41.6 Å². The molecule has 4 heteroatoms. The van der Waals surface area contributed by atoms with Crippen LogP contribution in [0.2, 0.25) is 0 Å². The largest absolute Gasteiger partial charge is 0.496 e. The first kappa shape index (κ1) is 18.5. The van der Waals surface area contributed by atoms with Gasteiger partial charge < -0.3 is 15.0 Å². The van der Waals surface area contributed by atoms with E-state index in [-0.39, 0.29) is 5.91 Å². The normalized spacial score (nSPS) is 17.7. The number of likely N-dealkylation sites (tertiary alicyclic amines) is 1. The van der Waals surface area contributed by atoms with Gasteiger partial charge in [0.05, 0.1) is 7.11 Å². The van der Waals surface area contributed by atoms with Crippen LogP contribution in [0.4, 0.5) is 0 Å². The van der Waals surface area contributed by atoms with Crippen LogP contribution in [-0.4, -0.2) is 37.6 Å². The number of ether oxygens (including phenoxy) is 1. The fourth-order valence-electron chi connectivity index (χ4n) is 3.65. The Morgan fingerprint density at radius 2 is 1.92 bits per heavy atom. The summed E-state index contributed by atoms with van der Waals surface area (Å²) in [5.41, 5.74) is 2.42. The zero-order valence-electron chi connectivity index (χ0n) is 15.5. The van der Waals surface area contributed by atoms with E-state index < -0.39 is 0 Å². The molecule has 1 fully saturated rings. The smallest absolute Gasteiger partial charge is 0.221 e. The molecule has 138 valence electrons. The van der Waals surface area contributed by atoms with E-state index in [0.717, 1.165) is 30.9 Å². The number of carbonyl (C=O) groups excluding carboxylic acids is 1. The minimum Gasteiger partial charge on any atom is -0.496 e. The van der Waals surface area contributed by atoms with E-state index in [1.165, 1.54) is 18.4 Å². The third-order valence-corrected chi connectivity index (χ3v) is 5.10. The van der Waals surface area contributed by atoms with Gasteiger partial charge in [-0.25, -0.2) is 0 Å². The maximum atomic E-state index is 12.2. The number of piperidine rings is 1. The van der Waals surface area contributed by atoms with E-state index in [1.54, 1.807) is 7.11 Å². The number of rotatable bonds is 7. The maximum absolute atomic E-state index is 12.2. The first-order chi connectivity index (χ1) is 12.8. The van der Waals surface area contributed by atoms with Crippen molar-refractivity contribution in [1.82, 2.24) is 10.2 Å². The SMILES string of the molecule is COc1ccccc1CNC(=O)CCN1CCC[C@@H](c2ccccc2)C1. The standard InChI is InChI=1S/C22H28N2O2/c1-26-21-12-6-5-10-19(21)16-23-22(25)13-15-24-14-7-11-20(17-24)18-8-3-2-4-9-18/h2-6,8-10,12,20H,7,11,13-17H2,1H3,(H,23,25)/t20-/m1/s1. The average Bonchev–Trinajstić information content (AvgIpc) is 2.71. The summed E-state index contributed by atoms with van der Waals surface area (Å²) in [5, 5.41) is 3.01. The van der Waals surface area contributed by atoms with Gasteiger partial charge in [-0.2, -0.15) is 0 Å². The number of hydrogen-bond donors (Lipinski definition) is 1. The number of amides is 1. The highest BCUT2D eigenvalue weighted by molar-refractivity contribution is 5.76. The molecule has 1 aliphatic heterocycles. The molecule has 0 bridgehead atoms. The van der Waals surface area contributed by atoms with Gasteiger partial charge in [0.1, 0.15) is 5.75 Å². The quantitative estimate of drug-likeness (QED) is 0.828. The lowest BCUT2D eigenvalue weighted by Gasteiger charge is -2.32. The predicted molar refractivity (Wildman–Crippen MR) is 104 cm³/mol. The second-order valence-electron chi connectivity index (χ2n) is 6.89. The monoisotopic (exact) mass is 352 g/mol. The van der Waals surface area contributed by atoms with Crippen molar-refractivity contribution in [2.24, 2.45) is 0 Å². The molecule has 0 saturated carbocycles. The highest BCUT2D eigenvalue weighted by Crippen LogP contribution is 2.26. The summed E-state index contributed by atoms with van der Waals surface area (Å²) in [5.74, 6) is 1.49. The van der Waals surface area contributed by atoms with Gasteiger partial charge in [-0.3, -0.25) is 4.79 Å². The Bertz CT molecular complexity index is 702. The molecule has 1 amide bonds. The Hall–Kier alpha value is -2.33. The lowest BCUT2D eigenvalue weighted by Crippen LogP contribution is -2.37. The summed E-state index contributed by atoms with van der Waals surface area (Å²) in [4.78, 5) is 14.7. The van der Waals surface area contributed by atoms with Gasteiger partial charge in [-0.1, -0.05) is 48.5 Å². The molecule has 0 aromatic heterocycles. The van der Waals surface area contributed by atoms with Crippen molar-refractivity contribution in [2.45, 2.75) is 31.7 Å². The van der Waals surface area contributed by atoms with Gasteiger partial charge in [-0.15, -0.1) is 0 Å². The van der Waals surface area contributed by atoms with Gasteiger partial charge >= 0.3 is 0 Å². The lowest BCUT2D eigenvalue weighted by atomic mass is 9.90. The molecule has 0 spiro atoms. The second-order valence-corrected chi connectivity index (χ2v) is 6.89. The van der Waals surface area contributed by atoms with Crippen molar-refractivity contribution in [3.8, 4) is 5.75 Å². The van der Waals surface area contributed by atoms with E-state index in [1.807, 2.05) is 24.3 Å². The summed E-state index contributed by atoms with van der Waals surface area (Å²) >= 11 is 0. The average molecular weight is 352 g/mol. The Balaban J connectivity index is 1.44. The van der Waals surface area contributed by atoms with E-state index >= 15 is 0 Å². The minimum atomic E-state index is 0.0951. The van der Waals surface area contributed by atoms with Crippen LogP contribution in [-0.2, 0) is 11.3 Å². The number of nitrogens with one attached hydrogen (secondary N) is 1. The Morgan fingerprint density at radius 3 is 2.73 bits per heavy atom. The zero-order valence-corrected chi connectivity index (χ0v) is 15.5. The molecular weight excluding hydrogens is 324 g/mol. The van der Waals surface area contributed by atoms with Crippen LogP contribution in [0.3, 0.4) is 0 Å². The Labute approximate surface area is 156 Å². The molecule has 26 heavy (non-hydrogen) atoms. The molecule has 2 aromatic carbocycles. The molecule has 3 rings (SSSR count). The molecule has 2 aromatic rings. The summed E-state index contributed by atoms with van der Waals surface area (Å²) in [6.07, 6.45) is 2.97. The van der Waals surface area contributed by atoms with Crippen molar-refractivity contribution in [2.75, 3.05) is 26.7 Å². The number of nitrogens with zero attached hydrogens (tertiary/aromatic N) is 1. The van der Waals surface area contributed by atoms with Crippen LogP contribution < -0.4 is 10.1 Å². The molecular formula is C22H28N2O2. The van der Waals surface area contributed by atoms with Gasteiger partial charge in [0, 0.05) is 31.6 Å². The first-order valence-corrected chi connectivity index (χ1v) is 9.42. The lowest BCUT2D eigenvalue weighted by molar-refractivity contribution is -0.121.